The van der Waals surface area contributed by atoms with Crippen molar-refractivity contribution in [2.45, 2.75) is 6.92 Å². The van der Waals surface area contributed by atoms with Gasteiger partial charge in [-0.2, -0.15) is 0 Å². The number of amides is 1. The molecule has 2 N–H and O–H groups in total. The monoisotopic (exact) mass is 283 g/mol. The summed E-state index contributed by atoms with van der Waals surface area (Å²) in [4.78, 5) is 16.2. The molecular weight excluding hydrogens is 269 g/mol. The van der Waals surface area contributed by atoms with Crippen LogP contribution < -0.4 is 16.1 Å². The number of anilines is 1. The fourth-order valence-electron chi connectivity index (χ4n) is 1.82. The Balaban J connectivity index is 2.01. The van der Waals surface area contributed by atoms with Crippen LogP contribution in [0.15, 0.2) is 42.5 Å². The van der Waals surface area contributed by atoms with E-state index in [0.29, 0.717) is 11.4 Å². The molecule has 4 nitrogen and oxygen atoms in total. The van der Waals surface area contributed by atoms with E-state index in [2.05, 4.69) is 15.6 Å². The molecule has 1 amide bonds. The van der Waals surface area contributed by atoms with Gasteiger partial charge in [0.2, 0.25) is 0 Å². The molecule has 0 atom stereocenters. The van der Waals surface area contributed by atoms with Crippen LogP contribution in [0.2, 0.25) is 0 Å². The van der Waals surface area contributed by atoms with E-state index in [0.717, 1.165) is 11.2 Å². The Morgan fingerprint density at radius 3 is 2.60 bits per heavy atom. The average Bonchev–Trinajstić information content (AvgIpc) is 2.38. The summed E-state index contributed by atoms with van der Waals surface area (Å²) in [5.41, 5.74) is 2.53. The fourth-order valence-corrected chi connectivity index (χ4v) is 2.02. The normalized spacial score (nSPS) is 9.85. The second-order valence-electron chi connectivity index (χ2n) is 4.45. The van der Waals surface area contributed by atoms with Crippen molar-refractivity contribution in [1.29, 1.82) is 0 Å². The largest absolute Gasteiger partial charge is 0.317 e. The quantitative estimate of drug-likeness (QED) is 0.631. The number of aryl methyl sites for hydroxylation is 1. The highest BCUT2D eigenvalue weighted by molar-refractivity contribution is 7.80. The van der Waals surface area contributed by atoms with Gasteiger partial charge in [0.1, 0.15) is 13.7 Å². The molecule has 20 heavy (non-hydrogen) atoms. The summed E-state index contributed by atoms with van der Waals surface area (Å²) in [6, 6.07) is 12.8. The molecule has 0 bridgehead atoms. The molecule has 0 aliphatic carbocycles. The van der Waals surface area contributed by atoms with Gasteiger partial charge in [-0.15, -0.1) is 0 Å². The zero-order valence-electron chi connectivity index (χ0n) is 11.3. The predicted molar refractivity (Wildman–Crippen MR) is 87.3 cm³/mol. The van der Waals surface area contributed by atoms with Crippen molar-refractivity contribution in [3.8, 4) is 0 Å². The molecule has 100 valence electrons. The van der Waals surface area contributed by atoms with E-state index in [1.54, 1.807) is 24.3 Å². The first kappa shape index (κ1) is 14.2. The third-order valence-electron chi connectivity index (χ3n) is 2.60. The van der Waals surface area contributed by atoms with Crippen molar-refractivity contribution >= 4 is 42.4 Å². The van der Waals surface area contributed by atoms with Crippen LogP contribution in [0, 0.1) is 6.92 Å². The number of hydrogen-bond acceptors (Lipinski definition) is 3. The van der Waals surface area contributed by atoms with Crippen molar-refractivity contribution in [2.75, 3.05) is 5.32 Å². The zero-order valence-corrected chi connectivity index (χ0v) is 12.1. The van der Waals surface area contributed by atoms with E-state index >= 15 is 0 Å². The Morgan fingerprint density at radius 1 is 1.25 bits per heavy atom. The number of thiocarbonyl (C=S) groups is 1. The van der Waals surface area contributed by atoms with Gasteiger partial charge in [-0.3, -0.25) is 10.1 Å². The minimum absolute atomic E-state index is 0.233. The lowest BCUT2D eigenvalue weighted by Gasteiger charge is -2.10. The van der Waals surface area contributed by atoms with Crippen LogP contribution >= 0.6 is 12.2 Å². The molecule has 0 saturated heterocycles. The molecule has 0 spiro atoms. The Bertz CT molecular complexity index is 626. The number of pyridine rings is 1. The zero-order chi connectivity index (χ0) is 14.5. The molecule has 1 aromatic carbocycles. The van der Waals surface area contributed by atoms with E-state index in [4.69, 9.17) is 12.2 Å². The lowest BCUT2D eigenvalue weighted by atomic mass is 9.97. The lowest BCUT2D eigenvalue weighted by molar-refractivity contribution is 0.0978. The maximum atomic E-state index is 11.9. The molecule has 0 aliphatic heterocycles. The van der Waals surface area contributed by atoms with Crippen LogP contribution in [-0.2, 0) is 0 Å². The second kappa shape index (κ2) is 6.30. The lowest BCUT2D eigenvalue weighted by Crippen LogP contribution is -2.34. The Hall–Kier alpha value is -2.21. The molecule has 0 fully saturated rings. The summed E-state index contributed by atoms with van der Waals surface area (Å²) in [5.74, 6) is 0.383. The van der Waals surface area contributed by atoms with Crippen LogP contribution in [0.3, 0.4) is 0 Å². The van der Waals surface area contributed by atoms with Crippen LogP contribution in [0.25, 0.3) is 0 Å². The van der Waals surface area contributed by atoms with E-state index in [-0.39, 0.29) is 11.0 Å². The van der Waals surface area contributed by atoms with E-state index < -0.39 is 0 Å². The minimum Gasteiger partial charge on any atom is -0.317 e. The van der Waals surface area contributed by atoms with Crippen LogP contribution in [0.5, 0.6) is 0 Å². The summed E-state index contributed by atoms with van der Waals surface area (Å²) in [6.07, 6.45) is 0. The number of aromatic nitrogens is 1. The van der Waals surface area contributed by atoms with E-state index in [1.165, 1.54) is 0 Å². The summed E-state index contributed by atoms with van der Waals surface area (Å²) in [6.45, 7) is 1.91. The standard InChI is InChI=1S/C14H14BN3OS/c1-9-7-11(15)8-12(16-9)17-14(20)18-13(19)10-5-3-2-4-6-10/h2-8H,15H2,1H3,(H2,16,17,18,19,20). The summed E-state index contributed by atoms with van der Waals surface area (Å²) in [7, 11) is 1.98. The first-order chi connectivity index (χ1) is 9.54. The third-order valence-corrected chi connectivity index (χ3v) is 2.81. The summed E-state index contributed by atoms with van der Waals surface area (Å²) in [5, 5.41) is 5.77. The van der Waals surface area contributed by atoms with E-state index in [1.807, 2.05) is 33.0 Å². The molecule has 2 aromatic rings. The van der Waals surface area contributed by atoms with Gasteiger partial charge >= 0.3 is 0 Å². The maximum absolute atomic E-state index is 11.9. The molecule has 1 aromatic heterocycles. The predicted octanol–water partition coefficient (Wildman–Crippen LogP) is 0.775. The van der Waals surface area contributed by atoms with Crippen molar-refractivity contribution in [3.63, 3.8) is 0 Å². The van der Waals surface area contributed by atoms with E-state index in [9.17, 15) is 4.79 Å². The number of carbonyl (C=O) groups is 1. The van der Waals surface area contributed by atoms with Crippen LogP contribution in [0.1, 0.15) is 16.1 Å². The molecule has 0 aliphatic rings. The Morgan fingerprint density at radius 2 is 1.95 bits per heavy atom. The Labute approximate surface area is 124 Å². The number of carbonyl (C=O) groups excluding carboxylic acids is 1. The number of nitrogens with one attached hydrogen (secondary N) is 2. The third kappa shape index (κ3) is 3.89. The van der Waals surface area contributed by atoms with Gasteiger partial charge in [-0.1, -0.05) is 23.7 Å². The Kier molecular flexibility index (Phi) is 4.47. The summed E-state index contributed by atoms with van der Waals surface area (Å²) >= 11 is 5.12. The fraction of sp³-hybridized carbons (Fsp3) is 0.0714. The first-order valence-electron chi connectivity index (χ1n) is 6.17. The van der Waals surface area contributed by atoms with Gasteiger partial charge in [-0.05, 0) is 43.4 Å². The van der Waals surface area contributed by atoms with Gasteiger partial charge in [0.25, 0.3) is 5.91 Å². The number of hydrogen-bond donors (Lipinski definition) is 2. The van der Waals surface area contributed by atoms with Gasteiger partial charge in [0, 0.05) is 11.3 Å². The smallest absolute Gasteiger partial charge is 0.257 e. The SMILES string of the molecule is Bc1cc(C)nc(NC(=S)NC(=O)c2ccccc2)c1. The average molecular weight is 283 g/mol. The van der Waals surface area contributed by atoms with Crippen LogP contribution in [0.4, 0.5) is 5.82 Å². The highest BCUT2D eigenvalue weighted by Gasteiger charge is 2.07. The van der Waals surface area contributed by atoms with Gasteiger partial charge in [-0.25, -0.2) is 4.98 Å². The highest BCUT2D eigenvalue weighted by Crippen LogP contribution is 2.02. The maximum Gasteiger partial charge on any atom is 0.257 e. The molecule has 1 heterocycles. The minimum atomic E-state index is -0.243. The molecule has 0 radical (unpaired) electrons. The molecule has 2 rings (SSSR count). The highest BCUT2D eigenvalue weighted by atomic mass is 32.1. The number of benzene rings is 1. The van der Waals surface area contributed by atoms with Gasteiger partial charge in [0.15, 0.2) is 5.11 Å². The van der Waals surface area contributed by atoms with Crippen molar-refractivity contribution < 1.29 is 4.79 Å². The molecule has 0 unspecified atom stereocenters. The van der Waals surface area contributed by atoms with Crippen molar-refractivity contribution in [2.24, 2.45) is 0 Å². The first-order valence-corrected chi connectivity index (χ1v) is 6.58. The van der Waals surface area contributed by atoms with Crippen LogP contribution in [-0.4, -0.2) is 23.8 Å². The molecule has 6 heteroatoms. The molecule has 0 saturated carbocycles. The summed E-state index contributed by atoms with van der Waals surface area (Å²) < 4.78 is 0. The topological polar surface area (TPSA) is 54.0 Å². The number of nitrogens with zero attached hydrogens (tertiary/aromatic N) is 1. The van der Waals surface area contributed by atoms with Gasteiger partial charge in [0.05, 0.1) is 0 Å². The van der Waals surface area contributed by atoms with Crippen molar-refractivity contribution in [3.05, 3.63) is 53.7 Å². The number of rotatable bonds is 2. The molecular formula is C14H14BN3OS. The second-order valence-corrected chi connectivity index (χ2v) is 4.85. The van der Waals surface area contributed by atoms with Crippen molar-refractivity contribution in [1.82, 2.24) is 10.3 Å². The van der Waals surface area contributed by atoms with Gasteiger partial charge < -0.3 is 5.32 Å².